The van der Waals surface area contributed by atoms with Crippen molar-refractivity contribution in [2.24, 2.45) is 34.8 Å². The standard InChI is InChI=1S/C39H56FN5O8S/c1-38(2,3)39(24-40,53-37(41)49)28-14-12-26(13-15-28)36(48)45-21-18-30(25-10-6-4-7-11-25)33(45)35(47)42-29-16-17-31-27(22-29)23-32(52-31)34(46)43-54(50,51)44-19-8-5-9-20-44/h16-17,22-23,25-26,28,30,33H,4-15,18-21,24H2,1-3H3,(H2,41,49)(H,42,47)(H,43,46)/t26?,28?,30-,33-,39-/m0/s1. The summed E-state index contributed by atoms with van der Waals surface area (Å²) < 4.78 is 54.9. The monoisotopic (exact) mass is 773 g/mol. The van der Waals surface area contributed by atoms with Crippen molar-refractivity contribution < 1.29 is 41.1 Å². The Bertz CT molecular complexity index is 1810. The maximum Gasteiger partial charge on any atom is 0.405 e. The van der Waals surface area contributed by atoms with E-state index in [2.05, 4.69) is 10.0 Å². The molecule has 1 aromatic heterocycles. The highest BCUT2D eigenvalue weighted by atomic mass is 32.2. The van der Waals surface area contributed by atoms with Crippen molar-refractivity contribution in [1.29, 1.82) is 0 Å². The number of amides is 4. The topological polar surface area (TPSA) is 181 Å². The number of alkyl halides is 1. The van der Waals surface area contributed by atoms with E-state index >= 15 is 0 Å². The third-order valence-electron chi connectivity index (χ3n) is 12.6. The molecule has 0 radical (unpaired) electrons. The van der Waals surface area contributed by atoms with Crippen molar-refractivity contribution in [3.8, 4) is 0 Å². The van der Waals surface area contributed by atoms with Crippen LogP contribution >= 0.6 is 0 Å². The molecule has 15 heteroatoms. The Balaban J connectivity index is 1.17. The van der Waals surface area contributed by atoms with Crippen molar-refractivity contribution in [3.05, 3.63) is 30.0 Å². The van der Waals surface area contributed by atoms with Gasteiger partial charge in [0.25, 0.3) is 0 Å². The van der Waals surface area contributed by atoms with Crippen LogP contribution in [0, 0.1) is 29.1 Å². The van der Waals surface area contributed by atoms with Gasteiger partial charge >= 0.3 is 22.2 Å². The molecule has 54 heavy (non-hydrogen) atoms. The highest BCUT2D eigenvalue weighted by Gasteiger charge is 2.54. The average molecular weight is 774 g/mol. The van der Waals surface area contributed by atoms with Gasteiger partial charge in [0.05, 0.1) is 0 Å². The molecule has 4 fully saturated rings. The average Bonchev–Trinajstić information content (AvgIpc) is 3.79. The molecular weight excluding hydrogens is 718 g/mol. The zero-order valence-electron chi connectivity index (χ0n) is 31.7. The van der Waals surface area contributed by atoms with E-state index in [1.54, 1.807) is 23.1 Å². The smallest absolute Gasteiger partial charge is 0.405 e. The molecule has 0 bridgehead atoms. The van der Waals surface area contributed by atoms with Gasteiger partial charge in [0.1, 0.15) is 23.9 Å². The first kappa shape index (κ1) is 40.0. The number of piperidine rings is 1. The van der Waals surface area contributed by atoms with Gasteiger partial charge in [-0.2, -0.15) is 12.7 Å². The van der Waals surface area contributed by atoms with Gasteiger partial charge in [-0.25, -0.2) is 13.9 Å². The number of hydrogen-bond donors (Lipinski definition) is 3. The number of hydrogen-bond acceptors (Lipinski definition) is 8. The van der Waals surface area contributed by atoms with Gasteiger partial charge in [0.2, 0.25) is 11.8 Å². The van der Waals surface area contributed by atoms with Gasteiger partial charge in [0, 0.05) is 48.0 Å². The molecule has 4 N–H and O–H groups in total. The lowest BCUT2D eigenvalue weighted by Gasteiger charge is -2.49. The maximum atomic E-state index is 14.7. The van der Waals surface area contributed by atoms with E-state index in [0.29, 0.717) is 67.9 Å². The number of furan rings is 1. The minimum absolute atomic E-state index is 0.00411. The quantitative estimate of drug-likeness (QED) is 0.252. The zero-order valence-corrected chi connectivity index (χ0v) is 32.6. The van der Waals surface area contributed by atoms with Crippen LogP contribution in [0.3, 0.4) is 0 Å². The number of likely N-dealkylation sites (tertiary alicyclic amines) is 1. The van der Waals surface area contributed by atoms with Gasteiger partial charge in [-0.15, -0.1) is 0 Å². The largest absolute Gasteiger partial charge is 0.451 e. The van der Waals surface area contributed by atoms with Crippen molar-refractivity contribution in [3.63, 3.8) is 0 Å². The lowest BCUT2D eigenvalue weighted by atomic mass is 9.63. The molecule has 2 aliphatic heterocycles. The van der Waals surface area contributed by atoms with Crippen LogP contribution in [0.2, 0.25) is 0 Å². The second kappa shape index (κ2) is 16.2. The Hall–Kier alpha value is -3.72. The Morgan fingerprint density at radius 1 is 0.907 bits per heavy atom. The van der Waals surface area contributed by atoms with E-state index in [0.717, 1.165) is 57.8 Å². The fourth-order valence-electron chi connectivity index (χ4n) is 9.65. The first-order valence-corrected chi connectivity index (χ1v) is 21.1. The highest BCUT2D eigenvalue weighted by Crippen LogP contribution is 2.48. The van der Waals surface area contributed by atoms with Gasteiger partial charge in [-0.1, -0.05) is 59.3 Å². The summed E-state index contributed by atoms with van der Waals surface area (Å²) in [7, 11) is -4.01. The van der Waals surface area contributed by atoms with Crippen LogP contribution in [0.4, 0.5) is 14.9 Å². The third kappa shape index (κ3) is 8.26. The summed E-state index contributed by atoms with van der Waals surface area (Å²) in [6.07, 6.45) is 9.43. The van der Waals surface area contributed by atoms with Crippen LogP contribution in [0.15, 0.2) is 28.7 Å². The molecule has 298 valence electrons. The summed E-state index contributed by atoms with van der Waals surface area (Å²) in [4.78, 5) is 55.2. The SMILES string of the molecule is CC(C)(C)[C@@](CF)(OC(N)=O)C1CCC(C(=O)N2CC[C@@H](C3CCCCC3)[C@H]2C(=O)Nc2ccc3oc(C(=O)NS(=O)(=O)N4CCCCC4)cc3c2)CC1. The van der Waals surface area contributed by atoms with Crippen LogP contribution in [-0.2, 0) is 24.5 Å². The molecule has 2 aromatic rings. The summed E-state index contributed by atoms with van der Waals surface area (Å²) in [6.45, 7) is 5.79. The van der Waals surface area contributed by atoms with Crippen LogP contribution in [0.5, 0.6) is 0 Å². The molecule has 4 amide bonds. The lowest BCUT2D eigenvalue weighted by molar-refractivity contribution is -0.148. The lowest BCUT2D eigenvalue weighted by Crippen LogP contribution is -2.56. The van der Waals surface area contributed by atoms with Crippen LogP contribution in [0.1, 0.15) is 115 Å². The van der Waals surface area contributed by atoms with Crippen molar-refractivity contribution in [2.75, 3.05) is 31.6 Å². The molecule has 3 atom stereocenters. The van der Waals surface area contributed by atoms with E-state index < -0.39 is 45.9 Å². The van der Waals surface area contributed by atoms with Gasteiger partial charge in [-0.3, -0.25) is 14.4 Å². The molecule has 4 aliphatic rings. The number of carbonyl (C=O) groups excluding carboxylic acids is 4. The van der Waals surface area contributed by atoms with E-state index in [-0.39, 0.29) is 35.3 Å². The van der Waals surface area contributed by atoms with Gasteiger partial charge < -0.3 is 25.1 Å². The number of rotatable bonds is 10. The number of nitrogens with zero attached hydrogens (tertiary/aromatic N) is 2. The molecule has 13 nitrogen and oxygen atoms in total. The number of carbonyl (C=O) groups is 4. The molecule has 3 heterocycles. The summed E-state index contributed by atoms with van der Waals surface area (Å²) >= 11 is 0. The Labute approximate surface area is 317 Å². The molecule has 0 spiro atoms. The summed E-state index contributed by atoms with van der Waals surface area (Å²) in [5.41, 5.74) is 4.10. The molecule has 0 unspecified atom stereocenters. The Morgan fingerprint density at radius 3 is 2.20 bits per heavy atom. The molecule has 2 saturated heterocycles. The first-order valence-electron chi connectivity index (χ1n) is 19.6. The van der Waals surface area contributed by atoms with Crippen LogP contribution in [0.25, 0.3) is 11.0 Å². The summed E-state index contributed by atoms with van der Waals surface area (Å²) in [6, 6.07) is 5.73. The second-order valence-electron chi connectivity index (χ2n) is 16.8. The van der Waals surface area contributed by atoms with Gasteiger partial charge in [0.15, 0.2) is 5.76 Å². The first-order chi connectivity index (χ1) is 25.6. The molecule has 2 saturated carbocycles. The van der Waals surface area contributed by atoms with Crippen LogP contribution < -0.4 is 15.8 Å². The predicted molar refractivity (Wildman–Crippen MR) is 201 cm³/mol. The van der Waals surface area contributed by atoms with Crippen molar-refractivity contribution in [2.45, 2.75) is 116 Å². The molecule has 1 aromatic carbocycles. The number of nitrogens with one attached hydrogen (secondary N) is 2. The van der Waals surface area contributed by atoms with Crippen molar-refractivity contribution in [1.82, 2.24) is 13.9 Å². The fraction of sp³-hybridized carbons (Fsp3) is 0.692. The van der Waals surface area contributed by atoms with E-state index in [4.69, 9.17) is 14.9 Å². The van der Waals surface area contributed by atoms with E-state index in [9.17, 15) is 32.0 Å². The minimum Gasteiger partial charge on any atom is -0.451 e. The summed E-state index contributed by atoms with van der Waals surface area (Å²) in [5.74, 6) is -1.73. The molecular formula is C39H56FN5O8S. The maximum absolute atomic E-state index is 14.7. The predicted octanol–water partition coefficient (Wildman–Crippen LogP) is 6.29. The number of benzene rings is 1. The Morgan fingerprint density at radius 2 is 1.57 bits per heavy atom. The number of ether oxygens (including phenoxy) is 1. The molecule has 2 aliphatic carbocycles. The number of anilines is 1. The molecule has 6 rings (SSSR count). The number of halogens is 1. The third-order valence-corrected chi connectivity index (χ3v) is 14.1. The number of primary amides is 1. The van der Waals surface area contributed by atoms with E-state index in [1.165, 1.54) is 10.4 Å². The minimum atomic E-state index is -4.01. The van der Waals surface area contributed by atoms with Crippen molar-refractivity contribution >= 4 is 50.7 Å². The van der Waals surface area contributed by atoms with Crippen LogP contribution in [-0.4, -0.2) is 79.4 Å². The zero-order chi connectivity index (χ0) is 38.8. The normalized spacial score (nSPS) is 25.9. The second-order valence-corrected chi connectivity index (χ2v) is 18.5. The fourth-order valence-corrected chi connectivity index (χ4v) is 10.9. The van der Waals surface area contributed by atoms with E-state index in [1.807, 2.05) is 20.8 Å². The van der Waals surface area contributed by atoms with Gasteiger partial charge in [-0.05, 0) is 81.0 Å². The number of nitrogens with two attached hydrogens (primary N) is 1. The Kier molecular flexibility index (Phi) is 12.0. The summed E-state index contributed by atoms with van der Waals surface area (Å²) in [5, 5.41) is 3.55. The number of fused-ring (bicyclic) bond motifs is 1. The highest BCUT2D eigenvalue weighted by molar-refractivity contribution is 7.87.